The number of ether oxygens (including phenoxy) is 1. The number of esters is 1. The van der Waals surface area contributed by atoms with Gasteiger partial charge in [-0.1, -0.05) is 30.3 Å². The van der Waals surface area contributed by atoms with Crippen molar-refractivity contribution >= 4 is 11.9 Å². The number of nitrogens with two attached hydrogens (primary N) is 1. The predicted molar refractivity (Wildman–Crippen MR) is 72.0 cm³/mol. The Morgan fingerprint density at radius 2 is 2.10 bits per heavy atom. The minimum absolute atomic E-state index is 0.277. The second kappa shape index (κ2) is 6.49. The Labute approximate surface area is 116 Å². The first-order chi connectivity index (χ1) is 9.56. The van der Waals surface area contributed by atoms with Gasteiger partial charge in [0.1, 0.15) is 18.2 Å². The lowest BCUT2D eigenvalue weighted by Crippen LogP contribution is -2.37. The average molecular weight is 278 g/mol. The maximum atomic E-state index is 11.9. The molecule has 1 aromatic rings. The second-order valence-corrected chi connectivity index (χ2v) is 4.89. The minimum Gasteiger partial charge on any atom is -0.480 e. The van der Waals surface area contributed by atoms with Gasteiger partial charge in [0.25, 0.3) is 0 Å². The third kappa shape index (κ3) is 3.79. The van der Waals surface area contributed by atoms with Crippen molar-refractivity contribution in [1.82, 2.24) is 5.32 Å². The van der Waals surface area contributed by atoms with Crippen molar-refractivity contribution in [2.45, 2.75) is 31.0 Å². The Kier molecular flexibility index (Phi) is 4.70. The van der Waals surface area contributed by atoms with Crippen LogP contribution in [-0.4, -0.2) is 41.8 Å². The molecule has 1 aliphatic heterocycles. The summed E-state index contributed by atoms with van der Waals surface area (Å²) in [6.45, 7) is 0.348. The zero-order valence-electron chi connectivity index (χ0n) is 11.0. The third-order valence-electron chi connectivity index (χ3n) is 3.27. The van der Waals surface area contributed by atoms with Gasteiger partial charge in [0, 0.05) is 13.0 Å². The molecule has 1 aliphatic rings. The maximum Gasteiger partial charge on any atom is 0.323 e. The Morgan fingerprint density at radius 1 is 1.40 bits per heavy atom. The summed E-state index contributed by atoms with van der Waals surface area (Å²) in [7, 11) is 0. The molecule has 4 N–H and O–H groups in total. The lowest BCUT2D eigenvalue weighted by atomic mass is 10.1. The molecule has 108 valence electrons. The summed E-state index contributed by atoms with van der Waals surface area (Å²) in [4.78, 5) is 22.6. The van der Waals surface area contributed by atoms with Gasteiger partial charge in [-0.15, -0.1) is 0 Å². The summed E-state index contributed by atoms with van der Waals surface area (Å²) in [6.07, 6.45) is 0.256. The number of nitrogens with one attached hydrogen (secondary N) is 1. The molecule has 1 saturated heterocycles. The normalized spacial score (nSPS) is 23.2. The minimum atomic E-state index is -0.933. The quantitative estimate of drug-likeness (QED) is 0.651. The van der Waals surface area contributed by atoms with Gasteiger partial charge in [-0.2, -0.15) is 0 Å². The fraction of sp³-hybridized carbons (Fsp3) is 0.429. The summed E-state index contributed by atoms with van der Waals surface area (Å²) >= 11 is 0. The van der Waals surface area contributed by atoms with Crippen molar-refractivity contribution in [3.63, 3.8) is 0 Å². The van der Waals surface area contributed by atoms with Crippen molar-refractivity contribution in [1.29, 1.82) is 0 Å². The van der Waals surface area contributed by atoms with Crippen LogP contribution in [0.25, 0.3) is 0 Å². The number of benzene rings is 1. The van der Waals surface area contributed by atoms with Crippen molar-refractivity contribution in [2.75, 3.05) is 6.54 Å². The summed E-state index contributed by atoms with van der Waals surface area (Å²) in [6, 6.07) is 8.05. The topological polar surface area (TPSA) is 102 Å². The molecule has 0 amide bonds. The Morgan fingerprint density at radius 3 is 2.70 bits per heavy atom. The first-order valence-corrected chi connectivity index (χ1v) is 6.52. The lowest BCUT2D eigenvalue weighted by Gasteiger charge is -2.15. The number of hydrogen-bond acceptors (Lipinski definition) is 5. The number of carboxylic acids is 1. The molecule has 6 heteroatoms. The van der Waals surface area contributed by atoms with E-state index < -0.39 is 30.1 Å². The van der Waals surface area contributed by atoms with E-state index in [0.29, 0.717) is 13.0 Å². The number of hydrogen-bond donors (Lipinski definition) is 3. The molecule has 0 bridgehead atoms. The van der Waals surface area contributed by atoms with Gasteiger partial charge in [-0.05, 0) is 12.0 Å². The van der Waals surface area contributed by atoms with Crippen LogP contribution in [0.4, 0.5) is 0 Å². The molecule has 1 heterocycles. The van der Waals surface area contributed by atoms with E-state index in [1.165, 1.54) is 0 Å². The third-order valence-corrected chi connectivity index (χ3v) is 3.27. The number of carboxylic acid groups (broad SMARTS) is 1. The molecule has 6 nitrogen and oxygen atoms in total. The standard InChI is InChI=1S/C14H18N2O4/c15-11(6-9-4-2-1-3-5-9)14(19)20-10-7-12(13(17)18)16-8-10/h1-5,10-12,16H,6-8,15H2,(H,17,18). The Balaban J connectivity index is 1.81. The highest BCUT2D eigenvalue weighted by atomic mass is 16.5. The van der Waals surface area contributed by atoms with Gasteiger partial charge < -0.3 is 20.9 Å². The van der Waals surface area contributed by atoms with Gasteiger partial charge in [-0.25, -0.2) is 0 Å². The van der Waals surface area contributed by atoms with E-state index in [9.17, 15) is 9.59 Å². The van der Waals surface area contributed by atoms with Crippen LogP contribution in [0.1, 0.15) is 12.0 Å². The van der Waals surface area contributed by atoms with Crippen LogP contribution in [0.15, 0.2) is 30.3 Å². The van der Waals surface area contributed by atoms with Crippen molar-refractivity contribution in [2.24, 2.45) is 5.73 Å². The van der Waals surface area contributed by atoms with E-state index in [2.05, 4.69) is 5.32 Å². The number of carbonyl (C=O) groups excluding carboxylic acids is 1. The van der Waals surface area contributed by atoms with Gasteiger partial charge in [0.2, 0.25) is 0 Å². The predicted octanol–water partition coefficient (Wildman–Crippen LogP) is -0.0853. The molecule has 1 aromatic carbocycles. The van der Waals surface area contributed by atoms with Crippen molar-refractivity contribution < 1.29 is 19.4 Å². The van der Waals surface area contributed by atoms with Gasteiger partial charge in [0.05, 0.1) is 0 Å². The maximum absolute atomic E-state index is 11.9. The van der Waals surface area contributed by atoms with Crippen LogP contribution in [0, 0.1) is 0 Å². The van der Waals surface area contributed by atoms with E-state index in [1.807, 2.05) is 30.3 Å². The zero-order valence-corrected chi connectivity index (χ0v) is 11.0. The number of carbonyl (C=O) groups is 2. The Bertz CT molecular complexity index is 477. The summed E-state index contributed by atoms with van der Waals surface area (Å²) in [5.74, 6) is -1.43. The fourth-order valence-corrected chi connectivity index (χ4v) is 2.18. The molecule has 0 radical (unpaired) electrons. The second-order valence-electron chi connectivity index (χ2n) is 4.89. The summed E-state index contributed by atoms with van der Waals surface area (Å²) in [5, 5.41) is 11.6. The molecule has 0 aromatic heterocycles. The molecule has 0 saturated carbocycles. The molecule has 0 aliphatic carbocycles. The zero-order chi connectivity index (χ0) is 14.5. The molecule has 20 heavy (non-hydrogen) atoms. The van der Waals surface area contributed by atoms with Crippen molar-refractivity contribution in [3.05, 3.63) is 35.9 Å². The lowest BCUT2D eigenvalue weighted by molar-refractivity contribution is -0.150. The smallest absolute Gasteiger partial charge is 0.323 e. The van der Waals surface area contributed by atoms with E-state index in [4.69, 9.17) is 15.6 Å². The first kappa shape index (κ1) is 14.5. The van der Waals surface area contributed by atoms with Gasteiger partial charge in [-0.3, -0.25) is 9.59 Å². The summed E-state index contributed by atoms with van der Waals surface area (Å²) < 4.78 is 5.24. The summed E-state index contributed by atoms with van der Waals surface area (Å²) in [5.41, 5.74) is 6.77. The van der Waals surface area contributed by atoms with Crippen LogP contribution in [-0.2, 0) is 20.7 Å². The average Bonchev–Trinajstić information content (AvgIpc) is 2.88. The Hall–Kier alpha value is -1.92. The van der Waals surface area contributed by atoms with Crippen LogP contribution in [0.3, 0.4) is 0 Å². The van der Waals surface area contributed by atoms with Crippen LogP contribution >= 0.6 is 0 Å². The van der Waals surface area contributed by atoms with E-state index in [1.54, 1.807) is 0 Å². The first-order valence-electron chi connectivity index (χ1n) is 6.52. The highest BCUT2D eigenvalue weighted by Crippen LogP contribution is 2.12. The largest absolute Gasteiger partial charge is 0.480 e. The highest BCUT2D eigenvalue weighted by molar-refractivity contribution is 5.77. The molecular weight excluding hydrogens is 260 g/mol. The van der Waals surface area contributed by atoms with Gasteiger partial charge >= 0.3 is 11.9 Å². The SMILES string of the molecule is NC(Cc1ccccc1)C(=O)OC1CNC(C(=O)O)C1. The highest BCUT2D eigenvalue weighted by Gasteiger charge is 2.32. The molecule has 3 atom stereocenters. The molecular formula is C14H18N2O4. The van der Waals surface area contributed by atoms with E-state index >= 15 is 0 Å². The van der Waals surface area contributed by atoms with Gasteiger partial charge in [0.15, 0.2) is 0 Å². The van der Waals surface area contributed by atoms with Crippen molar-refractivity contribution in [3.8, 4) is 0 Å². The van der Waals surface area contributed by atoms with E-state index in [-0.39, 0.29) is 6.42 Å². The molecule has 3 unspecified atom stereocenters. The monoisotopic (exact) mass is 278 g/mol. The number of rotatable bonds is 5. The van der Waals surface area contributed by atoms with Crippen LogP contribution in [0.2, 0.25) is 0 Å². The molecule has 1 fully saturated rings. The number of aliphatic carboxylic acids is 1. The van der Waals surface area contributed by atoms with Crippen LogP contribution in [0.5, 0.6) is 0 Å². The molecule has 0 spiro atoms. The molecule has 2 rings (SSSR count). The van der Waals surface area contributed by atoms with E-state index in [0.717, 1.165) is 5.56 Å². The fourth-order valence-electron chi connectivity index (χ4n) is 2.18. The van der Waals surface area contributed by atoms with Crippen LogP contribution < -0.4 is 11.1 Å².